The molecule has 0 N–H and O–H groups in total. The van der Waals surface area contributed by atoms with Gasteiger partial charge in [0.1, 0.15) is 6.10 Å². The van der Waals surface area contributed by atoms with Crippen LogP contribution in [0.1, 0.15) is 29.4 Å². The number of amides is 1. The SMILES string of the molecule is CN(CC1OCC2(CC2)c2c(Br)csc21)C(=O)C(F)(F)F. The zero-order chi connectivity index (χ0) is 15.4. The largest absolute Gasteiger partial charge is 0.471 e. The molecule has 21 heavy (non-hydrogen) atoms. The molecule has 0 bridgehead atoms. The van der Waals surface area contributed by atoms with E-state index in [2.05, 4.69) is 15.9 Å². The van der Waals surface area contributed by atoms with Gasteiger partial charge in [-0.3, -0.25) is 4.79 Å². The molecule has 3 rings (SSSR count). The van der Waals surface area contributed by atoms with E-state index in [0.717, 1.165) is 34.8 Å². The Kier molecular flexibility index (Phi) is 3.61. The van der Waals surface area contributed by atoms with Gasteiger partial charge in [0.2, 0.25) is 0 Å². The number of halogens is 4. The summed E-state index contributed by atoms with van der Waals surface area (Å²) in [7, 11) is 1.16. The van der Waals surface area contributed by atoms with E-state index in [9.17, 15) is 18.0 Å². The van der Waals surface area contributed by atoms with E-state index in [1.54, 1.807) is 0 Å². The summed E-state index contributed by atoms with van der Waals surface area (Å²) in [5.41, 5.74) is 1.20. The summed E-state index contributed by atoms with van der Waals surface area (Å²) >= 11 is 4.99. The van der Waals surface area contributed by atoms with Gasteiger partial charge in [-0.25, -0.2) is 0 Å². The molecule has 3 nitrogen and oxygen atoms in total. The molecule has 1 amide bonds. The van der Waals surface area contributed by atoms with Gasteiger partial charge in [0.25, 0.3) is 0 Å². The van der Waals surface area contributed by atoms with E-state index in [4.69, 9.17) is 4.74 Å². The van der Waals surface area contributed by atoms with Gasteiger partial charge < -0.3 is 9.64 Å². The number of carbonyl (C=O) groups excluding carboxylic acids is 1. The van der Waals surface area contributed by atoms with Gasteiger partial charge in [0.15, 0.2) is 0 Å². The number of hydrogen-bond donors (Lipinski definition) is 0. The Morgan fingerprint density at radius 2 is 2.24 bits per heavy atom. The number of rotatable bonds is 2. The molecule has 1 atom stereocenters. The number of nitrogens with zero attached hydrogens (tertiary/aromatic N) is 1. The highest BCUT2D eigenvalue weighted by atomic mass is 79.9. The fourth-order valence-corrected chi connectivity index (χ4v) is 4.87. The number of hydrogen-bond acceptors (Lipinski definition) is 3. The monoisotopic (exact) mass is 383 g/mol. The highest BCUT2D eigenvalue weighted by molar-refractivity contribution is 9.10. The van der Waals surface area contributed by atoms with Crippen LogP contribution in [-0.2, 0) is 14.9 Å². The van der Waals surface area contributed by atoms with Crippen molar-refractivity contribution >= 4 is 33.2 Å². The van der Waals surface area contributed by atoms with Gasteiger partial charge in [-0.05, 0) is 34.3 Å². The minimum Gasteiger partial charge on any atom is -0.370 e. The number of likely N-dealkylation sites (N-methyl/N-ethyl adjacent to an activating group) is 1. The predicted molar refractivity (Wildman–Crippen MR) is 75.3 cm³/mol. The topological polar surface area (TPSA) is 29.5 Å². The molecule has 1 aromatic rings. The van der Waals surface area contributed by atoms with Gasteiger partial charge in [-0.1, -0.05) is 0 Å². The molecule has 8 heteroatoms. The quantitative estimate of drug-likeness (QED) is 0.780. The first-order valence-electron chi connectivity index (χ1n) is 6.46. The molecule has 1 fully saturated rings. The molecule has 1 aliphatic carbocycles. The molecule has 2 aliphatic rings. The normalized spacial score (nSPS) is 23.0. The first-order valence-corrected chi connectivity index (χ1v) is 8.13. The van der Waals surface area contributed by atoms with Crippen LogP contribution in [-0.4, -0.2) is 37.2 Å². The standard InChI is InChI=1S/C13H13BrF3NO2S/c1-18(11(19)13(15,16)17)4-8-10-9(7(14)5-21-10)12(2-3-12)6-20-8/h5,8H,2-4,6H2,1H3. The number of thiophene rings is 1. The van der Waals surface area contributed by atoms with Crippen molar-refractivity contribution in [2.75, 3.05) is 20.2 Å². The van der Waals surface area contributed by atoms with Gasteiger partial charge in [-0.15, -0.1) is 11.3 Å². The third-order valence-corrected chi connectivity index (χ3v) is 6.04. The van der Waals surface area contributed by atoms with Crippen molar-refractivity contribution in [1.29, 1.82) is 0 Å². The van der Waals surface area contributed by atoms with E-state index < -0.39 is 18.2 Å². The molecule has 0 saturated heterocycles. The lowest BCUT2D eigenvalue weighted by Crippen LogP contribution is -2.42. The van der Waals surface area contributed by atoms with Crippen molar-refractivity contribution < 1.29 is 22.7 Å². The van der Waals surface area contributed by atoms with Crippen LogP contribution in [0.3, 0.4) is 0 Å². The average molecular weight is 384 g/mol. The van der Waals surface area contributed by atoms with Crippen LogP contribution < -0.4 is 0 Å². The second-order valence-electron chi connectivity index (χ2n) is 5.59. The highest BCUT2D eigenvalue weighted by Gasteiger charge is 2.52. The Labute approximate surface area is 132 Å². The van der Waals surface area contributed by atoms with Crippen LogP contribution in [0.4, 0.5) is 13.2 Å². The molecule has 1 unspecified atom stereocenters. The van der Waals surface area contributed by atoms with Crippen molar-refractivity contribution in [3.05, 3.63) is 20.3 Å². The van der Waals surface area contributed by atoms with E-state index >= 15 is 0 Å². The highest BCUT2D eigenvalue weighted by Crippen LogP contribution is 2.57. The van der Waals surface area contributed by atoms with Gasteiger partial charge >= 0.3 is 12.1 Å². The first kappa shape index (κ1) is 15.3. The zero-order valence-electron chi connectivity index (χ0n) is 11.2. The van der Waals surface area contributed by atoms with Gasteiger partial charge in [-0.2, -0.15) is 13.2 Å². The Morgan fingerprint density at radius 3 is 2.81 bits per heavy atom. The number of ether oxygens (including phenoxy) is 1. The third kappa shape index (κ3) is 2.61. The molecular formula is C13H13BrF3NO2S. The van der Waals surface area contributed by atoms with Crippen LogP contribution in [0, 0.1) is 0 Å². The molecule has 116 valence electrons. The van der Waals surface area contributed by atoms with Gasteiger partial charge in [0.05, 0.1) is 13.2 Å². The molecule has 1 aliphatic heterocycles. The maximum atomic E-state index is 12.4. The van der Waals surface area contributed by atoms with E-state index in [0.29, 0.717) is 11.5 Å². The van der Waals surface area contributed by atoms with Crippen LogP contribution in [0.15, 0.2) is 9.85 Å². The summed E-state index contributed by atoms with van der Waals surface area (Å²) in [5.74, 6) is -1.84. The Hall–Kier alpha value is -0.600. The van der Waals surface area contributed by atoms with Crippen molar-refractivity contribution in [3.63, 3.8) is 0 Å². The maximum absolute atomic E-state index is 12.4. The van der Waals surface area contributed by atoms with Gasteiger partial charge in [0, 0.05) is 27.2 Å². The fourth-order valence-electron chi connectivity index (χ4n) is 2.74. The fraction of sp³-hybridized carbons (Fsp3) is 0.615. The van der Waals surface area contributed by atoms with Crippen LogP contribution in [0.2, 0.25) is 0 Å². The lowest BCUT2D eigenvalue weighted by molar-refractivity contribution is -0.185. The van der Waals surface area contributed by atoms with Crippen molar-refractivity contribution in [1.82, 2.24) is 4.90 Å². The minimum absolute atomic E-state index is 0.0390. The van der Waals surface area contributed by atoms with E-state index in [1.807, 2.05) is 5.38 Å². The van der Waals surface area contributed by atoms with Crippen LogP contribution in [0.5, 0.6) is 0 Å². The summed E-state index contributed by atoms with van der Waals surface area (Å²) in [5, 5.41) is 1.94. The summed E-state index contributed by atoms with van der Waals surface area (Å²) in [4.78, 5) is 12.9. The van der Waals surface area contributed by atoms with Crippen LogP contribution >= 0.6 is 27.3 Å². The van der Waals surface area contributed by atoms with Crippen molar-refractivity contribution in [2.24, 2.45) is 0 Å². The predicted octanol–water partition coefficient (Wildman–Crippen LogP) is 3.63. The zero-order valence-corrected chi connectivity index (χ0v) is 13.6. The smallest absolute Gasteiger partial charge is 0.370 e. The van der Waals surface area contributed by atoms with Crippen molar-refractivity contribution in [2.45, 2.75) is 30.5 Å². The summed E-state index contributed by atoms with van der Waals surface area (Å²) < 4.78 is 44.1. The number of carbonyl (C=O) groups is 1. The number of alkyl halides is 3. The molecule has 2 heterocycles. The summed E-state index contributed by atoms with van der Waals surface area (Å²) in [6.45, 7) is 0.419. The second-order valence-corrected chi connectivity index (χ2v) is 7.35. The van der Waals surface area contributed by atoms with Crippen LogP contribution in [0.25, 0.3) is 0 Å². The minimum atomic E-state index is -4.85. The molecule has 1 saturated carbocycles. The molecule has 0 radical (unpaired) electrons. The molecular weight excluding hydrogens is 371 g/mol. The third-order valence-electron chi connectivity index (χ3n) is 4.04. The van der Waals surface area contributed by atoms with Crippen molar-refractivity contribution in [3.8, 4) is 0 Å². The Bertz CT molecular complexity index is 582. The number of fused-ring (bicyclic) bond motifs is 2. The second kappa shape index (κ2) is 4.96. The maximum Gasteiger partial charge on any atom is 0.471 e. The molecule has 0 aromatic carbocycles. The van der Waals surface area contributed by atoms with E-state index in [1.165, 1.54) is 11.3 Å². The molecule has 1 spiro atoms. The first-order chi connectivity index (χ1) is 9.74. The lowest BCUT2D eigenvalue weighted by Gasteiger charge is -2.32. The Balaban J connectivity index is 1.80. The molecule has 1 aromatic heterocycles. The Morgan fingerprint density at radius 1 is 1.57 bits per heavy atom. The summed E-state index contributed by atoms with van der Waals surface area (Å²) in [6.07, 6.45) is -3.25. The average Bonchev–Trinajstić information content (AvgIpc) is 3.06. The summed E-state index contributed by atoms with van der Waals surface area (Å²) in [6, 6.07) is 0. The van der Waals surface area contributed by atoms with E-state index in [-0.39, 0.29) is 12.0 Å². The lowest BCUT2D eigenvalue weighted by atomic mass is 9.93.